The summed E-state index contributed by atoms with van der Waals surface area (Å²) in [6, 6.07) is 9.93. The lowest BCUT2D eigenvalue weighted by Crippen LogP contribution is -2.33. The van der Waals surface area contributed by atoms with Gasteiger partial charge in [-0.2, -0.15) is 0 Å². The third-order valence-corrected chi connectivity index (χ3v) is 5.71. The van der Waals surface area contributed by atoms with Crippen molar-refractivity contribution < 1.29 is 17.9 Å². The van der Waals surface area contributed by atoms with Crippen LogP contribution in [0.25, 0.3) is 0 Å². The molecule has 1 aromatic heterocycles. The van der Waals surface area contributed by atoms with Gasteiger partial charge < -0.3 is 10.1 Å². The van der Waals surface area contributed by atoms with E-state index in [9.17, 15) is 13.2 Å². The zero-order valence-electron chi connectivity index (χ0n) is 14.3. The number of hydrogen-bond donors (Lipinski definition) is 1. The molecule has 25 heavy (non-hydrogen) atoms. The highest BCUT2D eigenvalue weighted by molar-refractivity contribution is 9.10. The molecular weight excluding hydrogens is 408 g/mol. The Hall–Kier alpha value is -1.80. The maximum absolute atomic E-state index is 12.6. The van der Waals surface area contributed by atoms with Gasteiger partial charge in [0.15, 0.2) is 0 Å². The quantitative estimate of drug-likeness (QED) is 0.789. The SMILES string of the molecule is CC(C)(C)OC(=O)NCCc1cc(Br)n(S(=O)(=O)c2ccccc2)c1. The summed E-state index contributed by atoms with van der Waals surface area (Å²) < 4.78 is 32.1. The Morgan fingerprint density at radius 1 is 1.24 bits per heavy atom. The van der Waals surface area contributed by atoms with E-state index in [1.807, 2.05) is 0 Å². The van der Waals surface area contributed by atoms with E-state index in [0.717, 1.165) is 5.56 Å². The van der Waals surface area contributed by atoms with Crippen molar-refractivity contribution in [3.05, 3.63) is 52.8 Å². The Kier molecular flexibility index (Phi) is 5.95. The van der Waals surface area contributed by atoms with Crippen molar-refractivity contribution in [3.63, 3.8) is 0 Å². The lowest BCUT2D eigenvalue weighted by molar-refractivity contribution is 0.0528. The second-order valence-corrected chi connectivity index (χ2v) is 9.09. The lowest BCUT2D eigenvalue weighted by Gasteiger charge is -2.19. The average molecular weight is 429 g/mol. The van der Waals surface area contributed by atoms with Crippen molar-refractivity contribution in [2.45, 2.75) is 37.7 Å². The third kappa shape index (κ3) is 5.34. The Morgan fingerprint density at radius 3 is 2.48 bits per heavy atom. The van der Waals surface area contributed by atoms with E-state index in [1.165, 1.54) is 3.97 Å². The van der Waals surface area contributed by atoms with E-state index in [-0.39, 0.29) is 4.90 Å². The molecule has 8 heteroatoms. The fraction of sp³-hybridized carbons (Fsp3) is 0.353. The lowest BCUT2D eigenvalue weighted by atomic mass is 10.2. The number of benzene rings is 1. The van der Waals surface area contributed by atoms with Gasteiger partial charge in [0.05, 0.1) is 4.90 Å². The number of carbonyl (C=O) groups is 1. The number of nitrogens with zero attached hydrogens (tertiary/aromatic N) is 1. The summed E-state index contributed by atoms with van der Waals surface area (Å²) in [5, 5.41) is 2.65. The molecule has 0 unspecified atom stereocenters. The largest absolute Gasteiger partial charge is 0.444 e. The zero-order valence-corrected chi connectivity index (χ0v) is 16.7. The molecule has 136 valence electrons. The summed E-state index contributed by atoms with van der Waals surface area (Å²) in [6.07, 6.45) is 1.53. The minimum Gasteiger partial charge on any atom is -0.444 e. The van der Waals surface area contributed by atoms with E-state index < -0.39 is 21.7 Å². The number of nitrogens with one attached hydrogen (secondary N) is 1. The van der Waals surface area contributed by atoms with Crippen LogP contribution >= 0.6 is 15.9 Å². The predicted molar refractivity (Wildman–Crippen MR) is 99.1 cm³/mol. The summed E-state index contributed by atoms with van der Waals surface area (Å²) in [5.74, 6) is 0. The standard InChI is InChI=1S/C17H21BrN2O4S/c1-17(2,3)24-16(21)19-10-9-13-11-15(18)20(12-13)25(22,23)14-7-5-4-6-8-14/h4-8,11-12H,9-10H2,1-3H3,(H,19,21). The fourth-order valence-corrected chi connectivity index (χ4v) is 4.37. The molecule has 0 aliphatic rings. The van der Waals surface area contributed by atoms with E-state index in [2.05, 4.69) is 21.2 Å². The Morgan fingerprint density at radius 2 is 1.88 bits per heavy atom. The summed E-state index contributed by atoms with van der Waals surface area (Å²) in [4.78, 5) is 11.8. The first kappa shape index (κ1) is 19.5. The van der Waals surface area contributed by atoms with Gasteiger partial charge in [-0.1, -0.05) is 18.2 Å². The number of rotatable bonds is 5. The summed E-state index contributed by atoms with van der Waals surface area (Å²) in [6.45, 7) is 5.71. The van der Waals surface area contributed by atoms with E-state index in [1.54, 1.807) is 63.4 Å². The van der Waals surface area contributed by atoms with Gasteiger partial charge in [-0.25, -0.2) is 17.2 Å². The van der Waals surface area contributed by atoms with Crippen molar-refractivity contribution in [1.82, 2.24) is 9.29 Å². The van der Waals surface area contributed by atoms with Gasteiger partial charge in [-0.15, -0.1) is 0 Å². The predicted octanol–water partition coefficient (Wildman–Crippen LogP) is 3.55. The van der Waals surface area contributed by atoms with Crippen LogP contribution in [-0.4, -0.2) is 30.6 Å². The van der Waals surface area contributed by atoms with Gasteiger partial charge in [0.1, 0.15) is 10.2 Å². The van der Waals surface area contributed by atoms with Crippen LogP contribution < -0.4 is 5.32 Å². The van der Waals surface area contributed by atoms with Gasteiger partial charge in [0, 0.05) is 12.7 Å². The van der Waals surface area contributed by atoms with Gasteiger partial charge in [-0.3, -0.25) is 0 Å². The van der Waals surface area contributed by atoms with Gasteiger partial charge in [-0.05, 0) is 66.9 Å². The van der Waals surface area contributed by atoms with Crippen LogP contribution in [0.5, 0.6) is 0 Å². The number of alkyl carbamates (subject to hydrolysis) is 1. The molecule has 0 aliphatic carbocycles. The van der Waals surface area contributed by atoms with Gasteiger partial charge in [0.25, 0.3) is 10.0 Å². The highest BCUT2D eigenvalue weighted by atomic mass is 79.9. The summed E-state index contributed by atoms with van der Waals surface area (Å²) in [5.41, 5.74) is 0.225. The van der Waals surface area contributed by atoms with Gasteiger partial charge >= 0.3 is 6.09 Å². The van der Waals surface area contributed by atoms with Crippen LogP contribution in [0.2, 0.25) is 0 Å². The number of ether oxygens (including phenoxy) is 1. The number of hydrogen-bond acceptors (Lipinski definition) is 4. The number of amides is 1. The molecule has 1 heterocycles. The van der Waals surface area contributed by atoms with Gasteiger partial charge in [0.2, 0.25) is 0 Å². The molecule has 0 saturated heterocycles. The average Bonchev–Trinajstić information content (AvgIpc) is 2.88. The van der Waals surface area contributed by atoms with Crippen molar-refractivity contribution in [2.75, 3.05) is 6.54 Å². The smallest absolute Gasteiger partial charge is 0.407 e. The van der Waals surface area contributed by atoms with Crippen LogP contribution in [0.1, 0.15) is 26.3 Å². The summed E-state index contributed by atoms with van der Waals surface area (Å²) >= 11 is 3.28. The Bertz CT molecular complexity index is 839. The molecule has 0 radical (unpaired) electrons. The Labute approximate surface area is 156 Å². The highest BCUT2D eigenvalue weighted by Gasteiger charge is 2.20. The molecule has 0 fully saturated rings. The number of halogens is 1. The molecule has 2 aromatic rings. The van der Waals surface area contributed by atoms with Crippen molar-refractivity contribution in [2.24, 2.45) is 0 Å². The van der Waals surface area contributed by atoms with Crippen LogP contribution in [0, 0.1) is 0 Å². The number of carbonyl (C=O) groups excluding carboxylic acids is 1. The second-order valence-electron chi connectivity index (χ2n) is 6.46. The zero-order chi connectivity index (χ0) is 18.7. The monoisotopic (exact) mass is 428 g/mol. The molecule has 6 nitrogen and oxygen atoms in total. The molecule has 0 bridgehead atoms. The van der Waals surface area contributed by atoms with Crippen LogP contribution in [0.4, 0.5) is 4.79 Å². The molecule has 0 aliphatic heterocycles. The van der Waals surface area contributed by atoms with Crippen molar-refractivity contribution >= 4 is 32.0 Å². The minimum atomic E-state index is -3.66. The summed E-state index contributed by atoms with van der Waals surface area (Å²) in [7, 11) is -3.66. The molecular formula is C17H21BrN2O4S. The first-order valence-corrected chi connectivity index (χ1v) is 9.97. The first-order chi connectivity index (χ1) is 11.6. The van der Waals surface area contributed by atoms with Crippen molar-refractivity contribution in [1.29, 1.82) is 0 Å². The normalized spacial score (nSPS) is 12.0. The molecule has 0 saturated carbocycles. The molecule has 0 atom stereocenters. The molecule has 2 rings (SSSR count). The highest BCUT2D eigenvalue weighted by Crippen LogP contribution is 2.22. The maximum Gasteiger partial charge on any atom is 0.407 e. The van der Waals surface area contributed by atoms with Crippen LogP contribution in [0.15, 0.2) is 52.1 Å². The topological polar surface area (TPSA) is 77.4 Å². The first-order valence-electron chi connectivity index (χ1n) is 7.74. The van der Waals surface area contributed by atoms with E-state index in [4.69, 9.17) is 4.74 Å². The third-order valence-electron chi connectivity index (χ3n) is 3.18. The number of aromatic nitrogens is 1. The molecule has 1 amide bonds. The van der Waals surface area contributed by atoms with E-state index in [0.29, 0.717) is 17.6 Å². The van der Waals surface area contributed by atoms with Crippen LogP contribution in [-0.2, 0) is 21.2 Å². The second kappa shape index (κ2) is 7.61. The molecule has 1 aromatic carbocycles. The molecule has 0 spiro atoms. The maximum atomic E-state index is 12.6. The van der Waals surface area contributed by atoms with E-state index >= 15 is 0 Å². The van der Waals surface area contributed by atoms with Crippen molar-refractivity contribution in [3.8, 4) is 0 Å². The fourth-order valence-electron chi connectivity index (χ4n) is 2.12. The molecule has 1 N–H and O–H groups in total. The Balaban J connectivity index is 2.05. The van der Waals surface area contributed by atoms with Crippen LogP contribution in [0.3, 0.4) is 0 Å². The minimum absolute atomic E-state index is 0.213.